The van der Waals surface area contributed by atoms with E-state index in [0.717, 1.165) is 13.5 Å². The molecule has 0 bridgehead atoms. The molecule has 2 rings (SSSR count). The molecule has 87 valence electrons. The van der Waals surface area contributed by atoms with Crippen molar-refractivity contribution in [2.45, 2.75) is 11.8 Å². The molecule has 0 unspecified atom stereocenters. The van der Waals surface area contributed by atoms with E-state index in [1.54, 1.807) is 0 Å². The smallest absolute Gasteiger partial charge is 0.0226 e. The van der Waals surface area contributed by atoms with Crippen LogP contribution in [0.4, 0.5) is 0 Å². The van der Waals surface area contributed by atoms with Gasteiger partial charge in [0.15, 0.2) is 0 Å². The Morgan fingerprint density at radius 1 is 0.812 bits per heavy atom. The van der Waals surface area contributed by atoms with Gasteiger partial charge >= 0.3 is 31.0 Å². The Balaban J connectivity index is 0.000000386. The first kappa shape index (κ1) is 13.6. The van der Waals surface area contributed by atoms with Crippen LogP contribution in [0.2, 0.25) is 4.89 Å². The molecule has 0 aliphatic carbocycles. The first-order valence-electron chi connectivity index (χ1n) is 5.25. The van der Waals surface area contributed by atoms with Crippen LogP contribution in [-0.2, 0) is 19.2 Å². The van der Waals surface area contributed by atoms with Crippen LogP contribution in [0, 0.1) is 0 Å². The van der Waals surface area contributed by atoms with Crippen molar-refractivity contribution in [2.24, 2.45) is 0 Å². The van der Waals surface area contributed by atoms with E-state index in [0.29, 0.717) is 0 Å². The Morgan fingerprint density at radius 2 is 1.12 bits per heavy atom. The third kappa shape index (κ3) is 5.57. The van der Waals surface area contributed by atoms with E-state index in [1.807, 2.05) is 0 Å². The van der Waals surface area contributed by atoms with Crippen LogP contribution in [-0.4, -0.2) is 0 Å². The van der Waals surface area contributed by atoms with Gasteiger partial charge in [0.05, 0.1) is 0 Å². The van der Waals surface area contributed by atoms with Gasteiger partial charge in [0.2, 0.25) is 0 Å². The Bertz CT molecular complexity index is 335. The zero-order valence-electron chi connectivity index (χ0n) is 9.30. The van der Waals surface area contributed by atoms with Crippen molar-refractivity contribution >= 4 is 19.2 Å². The molecule has 16 heavy (non-hydrogen) atoms. The standard InChI is InChI=1S/C12H11P.C2H5.Pd/c1-3-7-11(8-4-1)13-12-9-5-2-6-10-12;1-2;/h1-10,13H;1H2,2H3;. The second-order valence-electron chi connectivity index (χ2n) is 3.08. The van der Waals surface area contributed by atoms with Crippen molar-refractivity contribution < 1.29 is 19.2 Å². The molecule has 0 heterocycles. The van der Waals surface area contributed by atoms with Crippen molar-refractivity contribution in [1.29, 1.82) is 0 Å². The van der Waals surface area contributed by atoms with Crippen molar-refractivity contribution in [3.63, 3.8) is 0 Å². The fourth-order valence-corrected chi connectivity index (χ4v) is 2.26. The summed E-state index contributed by atoms with van der Waals surface area (Å²) < 4.78 is 0. The third-order valence-electron chi connectivity index (χ3n) is 1.84. The molecule has 0 aliphatic rings. The van der Waals surface area contributed by atoms with Crippen LogP contribution in [0.3, 0.4) is 0 Å². The molecule has 0 nitrogen and oxygen atoms in total. The topological polar surface area (TPSA) is 0 Å². The SMILES string of the molecule is C[CH2][Pd].c1ccc(Pc2ccccc2)cc1. The van der Waals surface area contributed by atoms with Crippen LogP contribution >= 0.6 is 8.58 Å². The van der Waals surface area contributed by atoms with Gasteiger partial charge in [-0.3, -0.25) is 0 Å². The molecule has 0 atom stereocenters. The molecule has 0 saturated heterocycles. The van der Waals surface area contributed by atoms with Gasteiger partial charge < -0.3 is 0 Å². The molecule has 2 aromatic carbocycles. The first-order valence-corrected chi connectivity index (χ1v) is 7.35. The Morgan fingerprint density at radius 3 is 1.44 bits per heavy atom. The predicted molar refractivity (Wildman–Crippen MR) is 70.9 cm³/mol. The summed E-state index contributed by atoms with van der Waals surface area (Å²) in [5.74, 6) is 0. The van der Waals surface area contributed by atoms with Gasteiger partial charge in [-0.05, 0) is 10.6 Å². The maximum absolute atomic E-state index is 2.94. The number of hydrogen-bond acceptors (Lipinski definition) is 0. The van der Waals surface area contributed by atoms with Crippen molar-refractivity contribution in [1.82, 2.24) is 0 Å². The van der Waals surface area contributed by atoms with E-state index in [1.165, 1.54) is 10.6 Å². The van der Waals surface area contributed by atoms with E-state index in [2.05, 4.69) is 86.8 Å². The van der Waals surface area contributed by atoms with Crippen LogP contribution < -0.4 is 10.6 Å². The first-order chi connectivity index (χ1) is 7.86. The Hall–Kier alpha value is -0.468. The van der Waals surface area contributed by atoms with Gasteiger partial charge in [0.25, 0.3) is 0 Å². The van der Waals surface area contributed by atoms with E-state index in [4.69, 9.17) is 0 Å². The summed E-state index contributed by atoms with van der Waals surface area (Å²) >= 11 is 2.94. The molecule has 2 heteroatoms. The summed E-state index contributed by atoms with van der Waals surface area (Å²) in [7, 11) is 0.777. The molecule has 0 radical (unpaired) electrons. The maximum Gasteiger partial charge on any atom is -0.0226 e. The third-order valence-corrected chi connectivity index (χ3v) is 3.08. The predicted octanol–water partition coefficient (Wildman–Crippen LogP) is 3.29. The quantitative estimate of drug-likeness (QED) is 0.588. The van der Waals surface area contributed by atoms with Crippen molar-refractivity contribution in [2.75, 3.05) is 0 Å². The molecule has 0 amide bonds. The molecular weight excluding hydrogens is 306 g/mol. The van der Waals surface area contributed by atoms with Gasteiger partial charge in [-0.1, -0.05) is 69.2 Å². The monoisotopic (exact) mass is 321 g/mol. The van der Waals surface area contributed by atoms with Crippen LogP contribution in [0.25, 0.3) is 0 Å². The molecule has 0 fully saturated rings. The number of hydrogen-bond donors (Lipinski definition) is 0. The van der Waals surface area contributed by atoms with Crippen molar-refractivity contribution in [3.05, 3.63) is 60.7 Å². The minimum absolute atomic E-state index is 0.777. The summed E-state index contributed by atoms with van der Waals surface area (Å²) in [6.45, 7) is 2.06. The van der Waals surface area contributed by atoms with E-state index in [9.17, 15) is 0 Å². The molecule has 2 aromatic rings. The summed E-state index contributed by atoms with van der Waals surface area (Å²) in [4.78, 5) is 1.10. The minimum atomic E-state index is 0.777. The van der Waals surface area contributed by atoms with Gasteiger partial charge in [-0.15, -0.1) is 0 Å². The van der Waals surface area contributed by atoms with E-state index in [-0.39, 0.29) is 0 Å². The summed E-state index contributed by atoms with van der Waals surface area (Å²) in [6, 6.07) is 21.2. The normalized spacial score (nSPS) is 9.19. The van der Waals surface area contributed by atoms with E-state index >= 15 is 0 Å². The van der Waals surface area contributed by atoms with Gasteiger partial charge in [0, 0.05) is 0 Å². The molecule has 0 N–H and O–H groups in total. The second-order valence-corrected chi connectivity index (χ2v) is 5.58. The van der Waals surface area contributed by atoms with Gasteiger partial charge in [-0.25, -0.2) is 0 Å². The zero-order chi connectivity index (χ0) is 11.6. The van der Waals surface area contributed by atoms with Gasteiger partial charge in [-0.2, -0.15) is 0 Å². The van der Waals surface area contributed by atoms with Crippen LogP contribution in [0.15, 0.2) is 60.7 Å². The largest absolute Gasteiger partial charge is 0.0622 e. The fraction of sp³-hybridized carbons (Fsp3) is 0.143. The Labute approximate surface area is 111 Å². The van der Waals surface area contributed by atoms with Crippen LogP contribution in [0.1, 0.15) is 6.92 Å². The summed E-state index contributed by atoms with van der Waals surface area (Å²) in [5.41, 5.74) is 0. The number of rotatable bonds is 2. The number of benzene rings is 2. The maximum atomic E-state index is 2.94. The summed E-state index contributed by atoms with van der Waals surface area (Å²) in [5, 5.41) is 2.79. The molecule has 0 spiro atoms. The molecule has 0 aromatic heterocycles. The van der Waals surface area contributed by atoms with E-state index < -0.39 is 0 Å². The average Bonchev–Trinajstić information content (AvgIpc) is 2.33. The Kier molecular flexibility index (Phi) is 7.36. The van der Waals surface area contributed by atoms with Gasteiger partial charge in [0.1, 0.15) is 0 Å². The minimum Gasteiger partial charge on any atom is -0.0622 e. The average molecular weight is 322 g/mol. The van der Waals surface area contributed by atoms with Crippen molar-refractivity contribution in [3.8, 4) is 0 Å². The molecular formula is C14H16PPd. The van der Waals surface area contributed by atoms with Crippen LogP contribution in [0.5, 0.6) is 0 Å². The second kappa shape index (κ2) is 8.66. The summed E-state index contributed by atoms with van der Waals surface area (Å²) in [6.07, 6.45) is 0. The zero-order valence-corrected chi connectivity index (χ0v) is 11.9. The fourth-order valence-electron chi connectivity index (χ4n) is 1.21. The molecule has 0 saturated carbocycles. The molecule has 0 aliphatic heterocycles.